The van der Waals surface area contributed by atoms with Gasteiger partial charge in [0.25, 0.3) is 0 Å². The lowest BCUT2D eigenvalue weighted by Crippen LogP contribution is -2.47. The van der Waals surface area contributed by atoms with E-state index in [1.54, 1.807) is 4.90 Å². The zero-order valence-electron chi connectivity index (χ0n) is 9.26. The first-order chi connectivity index (χ1) is 7.48. The summed E-state index contributed by atoms with van der Waals surface area (Å²) in [5, 5.41) is 4.64. The molecule has 0 spiro atoms. The van der Waals surface area contributed by atoms with Crippen LogP contribution in [0.2, 0.25) is 0 Å². The van der Waals surface area contributed by atoms with Crippen LogP contribution >= 0.6 is 0 Å². The van der Waals surface area contributed by atoms with Crippen LogP contribution in [0.25, 0.3) is 0 Å². The molecular formula is C10H18N2O3S. The third kappa shape index (κ3) is 2.38. The summed E-state index contributed by atoms with van der Waals surface area (Å²) in [6.45, 7) is 1.08. The summed E-state index contributed by atoms with van der Waals surface area (Å²) >= 11 is 0. The molecule has 5 nitrogen and oxygen atoms in total. The van der Waals surface area contributed by atoms with Crippen molar-refractivity contribution in [1.82, 2.24) is 4.90 Å². The molecular weight excluding hydrogens is 228 g/mol. The topological polar surface area (TPSA) is 80.5 Å². The second-order valence-electron chi connectivity index (χ2n) is 4.74. The van der Waals surface area contributed by atoms with Crippen molar-refractivity contribution in [2.45, 2.75) is 37.4 Å². The Morgan fingerprint density at radius 2 is 1.69 bits per heavy atom. The zero-order chi connectivity index (χ0) is 11.8. The van der Waals surface area contributed by atoms with Gasteiger partial charge in [0.2, 0.25) is 15.9 Å². The van der Waals surface area contributed by atoms with Crippen molar-refractivity contribution in [2.24, 2.45) is 11.1 Å². The lowest BCUT2D eigenvalue weighted by Gasteiger charge is -2.35. The molecule has 0 aromatic rings. The van der Waals surface area contributed by atoms with E-state index in [4.69, 9.17) is 5.14 Å². The molecule has 2 rings (SSSR count). The molecule has 0 aromatic heterocycles. The summed E-state index contributed by atoms with van der Waals surface area (Å²) in [5.41, 5.74) is 0. The van der Waals surface area contributed by atoms with E-state index in [2.05, 4.69) is 0 Å². The van der Waals surface area contributed by atoms with Crippen LogP contribution in [0.15, 0.2) is 0 Å². The van der Waals surface area contributed by atoms with Crippen LogP contribution < -0.4 is 5.14 Å². The molecule has 1 aliphatic carbocycles. The predicted molar refractivity (Wildman–Crippen MR) is 60.1 cm³/mol. The fourth-order valence-corrected chi connectivity index (χ4v) is 3.19. The number of rotatable bonds is 2. The SMILES string of the molecule is NS(=O)(=O)C1CCN(C(=O)C2CCC2)CC1. The molecule has 6 heteroatoms. The number of hydrogen-bond donors (Lipinski definition) is 1. The predicted octanol–water partition coefficient (Wildman–Crippen LogP) is 0.0660. The van der Waals surface area contributed by atoms with Crippen molar-refractivity contribution in [1.29, 1.82) is 0 Å². The molecule has 0 bridgehead atoms. The van der Waals surface area contributed by atoms with E-state index >= 15 is 0 Å². The van der Waals surface area contributed by atoms with E-state index in [9.17, 15) is 13.2 Å². The number of nitrogens with zero attached hydrogens (tertiary/aromatic N) is 1. The van der Waals surface area contributed by atoms with Gasteiger partial charge in [0, 0.05) is 19.0 Å². The van der Waals surface area contributed by atoms with Crippen molar-refractivity contribution >= 4 is 15.9 Å². The third-order valence-electron chi connectivity index (χ3n) is 3.67. The summed E-state index contributed by atoms with van der Waals surface area (Å²) in [4.78, 5) is 13.7. The van der Waals surface area contributed by atoms with E-state index in [-0.39, 0.29) is 11.8 Å². The summed E-state index contributed by atoms with van der Waals surface area (Å²) in [6, 6.07) is 0. The van der Waals surface area contributed by atoms with Crippen molar-refractivity contribution in [3.05, 3.63) is 0 Å². The highest BCUT2D eigenvalue weighted by atomic mass is 32.2. The third-order valence-corrected chi connectivity index (χ3v) is 5.07. The van der Waals surface area contributed by atoms with Gasteiger partial charge in [-0.15, -0.1) is 0 Å². The number of piperidine rings is 1. The number of nitrogens with two attached hydrogens (primary N) is 1. The molecule has 2 fully saturated rings. The molecule has 92 valence electrons. The molecule has 16 heavy (non-hydrogen) atoms. The summed E-state index contributed by atoms with van der Waals surface area (Å²) < 4.78 is 22.3. The molecule has 0 atom stereocenters. The Morgan fingerprint density at radius 3 is 2.06 bits per heavy atom. The Labute approximate surface area is 96.0 Å². The van der Waals surface area contributed by atoms with Crippen LogP contribution in [-0.4, -0.2) is 37.6 Å². The van der Waals surface area contributed by atoms with E-state index in [1.165, 1.54) is 0 Å². The number of hydrogen-bond acceptors (Lipinski definition) is 3. The van der Waals surface area contributed by atoms with Gasteiger partial charge < -0.3 is 4.90 Å². The van der Waals surface area contributed by atoms with Crippen molar-refractivity contribution in [2.75, 3.05) is 13.1 Å². The first kappa shape index (κ1) is 11.9. The maximum absolute atomic E-state index is 11.9. The van der Waals surface area contributed by atoms with E-state index in [0.29, 0.717) is 25.9 Å². The highest BCUT2D eigenvalue weighted by molar-refractivity contribution is 7.89. The van der Waals surface area contributed by atoms with Crippen LogP contribution in [-0.2, 0) is 14.8 Å². The quantitative estimate of drug-likeness (QED) is 0.748. The first-order valence-electron chi connectivity index (χ1n) is 5.79. The Morgan fingerprint density at radius 1 is 1.12 bits per heavy atom. The smallest absolute Gasteiger partial charge is 0.225 e. The highest BCUT2D eigenvalue weighted by Gasteiger charge is 2.34. The average Bonchev–Trinajstić information content (AvgIpc) is 2.14. The van der Waals surface area contributed by atoms with Crippen LogP contribution in [0.4, 0.5) is 0 Å². The molecule has 0 unspecified atom stereocenters. The van der Waals surface area contributed by atoms with Gasteiger partial charge in [0.05, 0.1) is 5.25 Å². The summed E-state index contributed by atoms with van der Waals surface area (Å²) in [5.74, 6) is 0.408. The maximum Gasteiger partial charge on any atom is 0.225 e. The summed E-state index contributed by atoms with van der Waals surface area (Å²) in [7, 11) is -3.42. The number of sulfonamides is 1. The van der Waals surface area contributed by atoms with Crippen molar-refractivity contribution < 1.29 is 13.2 Å². The normalized spacial score (nSPS) is 24.2. The molecule has 0 radical (unpaired) electrons. The molecule has 1 heterocycles. The van der Waals surface area contributed by atoms with Crippen molar-refractivity contribution in [3.8, 4) is 0 Å². The fourth-order valence-electron chi connectivity index (χ4n) is 2.32. The Bertz CT molecular complexity index is 368. The standard InChI is InChI=1S/C10H18N2O3S/c11-16(14,15)9-4-6-12(7-5-9)10(13)8-2-1-3-8/h8-9H,1-7H2,(H2,11,14,15). The number of carbonyl (C=O) groups excluding carboxylic acids is 1. The summed E-state index contributed by atoms with van der Waals surface area (Å²) in [6.07, 6.45) is 4.10. The minimum Gasteiger partial charge on any atom is -0.342 e. The van der Waals surface area contributed by atoms with Crippen LogP contribution in [0, 0.1) is 5.92 Å². The molecule has 2 N–H and O–H groups in total. The highest BCUT2D eigenvalue weighted by Crippen LogP contribution is 2.29. The van der Waals surface area contributed by atoms with E-state index in [0.717, 1.165) is 19.3 Å². The maximum atomic E-state index is 11.9. The largest absolute Gasteiger partial charge is 0.342 e. The van der Waals surface area contributed by atoms with Crippen LogP contribution in [0.1, 0.15) is 32.1 Å². The van der Waals surface area contributed by atoms with E-state index < -0.39 is 15.3 Å². The molecule has 1 aliphatic heterocycles. The van der Waals surface area contributed by atoms with Gasteiger partial charge in [-0.2, -0.15) is 0 Å². The Hall–Kier alpha value is -0.620. The Balaban J connectivity index is 1.87. The van der Waals surface area contributed by atoms with Gasteiger partial charge in [0.15, 0.2) is 0 Å². The number of carbonyl (C=O) groups is 1. The molecule has 2 aliphatic rings. The average molecular weight is 246 g/mol. The van der Waals surface area contributed by atoms with Gasteiger partial charge in [0.1, 0.15) is 0 Å². The zero-order valence-corrected chi connectivity index (χ0v) is 10.1. The number of amides is 1. The second kappa shape index (κ2) is 4.33. The lowest BCUT2D eigenvalue weighted by atomic mass is 9.84. The Kier molecular flexibility index (Phi) is 3.21. The number of primary sulfonamides is 1. The molecule has 1 saturated heterocycles. The minimum atomic E-state index is -3.42. The van der Waals surface area contributed by atoms with Gasteiger partial charge >= 0.3 is 0 Å². The fraction of sp³-hybridized carbons (Fsp3) is 0.900. The van der Waals surface area contributed by atoms with Crippen LogP contribution in [0.5, 0.6) is 0 Å². The molecule has 0 aromatic carbocycles. The van der Waals surface area contributed by atoms with Gasteiger partial charge in [-0.25, -0.2) is 13.6 Å². The second-order valence-corrected chi connectivity index (χ2v) is 6.59. The number of likely N-dealkylation sites (tertiary alicyclic amines) is 1. The lowest BCUT2D eigenvalue weighted by molar-refractivity contribution is -0.139. The van der Waals surface area contributed by atoms with Crippen molar-refractivity contribution in [3.63, 3.8) is 0 Å². The van der Waals surface area contributed by atoms with Crippen LogP contribution in [0.3, 0.4) is 0 Å². The van der Waals surface area contributed by atoms with Gasteiger partial charge in [-0.1, -0.05) is 6.42 Å². The van der Waals surface area contributed by atoms with Gasteiger partial charge in [-0.3, -0.25) is 4.79 Å². The monoisotopic (exact) mass is 246 g/mol. The molecule has 1 amide bonds. The van der Waals surface area contributed by atoms with E-state index in [1.807, 2.05) is 0 Å². The minimum absolute atomic E-state index is 0.200. The first-order valence-corrected chi connectivity index (χ1v) is 7.40. The molecule has 1 saturated carbocycles. The van der Waals surface area contributed by atoms with Gasteiger partial charge in [-0.05, 0) is 25.7 Å².